The normalized spacial score (nSPS) is 11.9. The number of hydrogen-bond acceptors (Lipinski definition) is 4. The molecule has 0 radical (unpaired) electrons. The Morgan fingerprint density at radius 3 is 2.21 bits per heavy atom. The molecule has 2 aromatic heterocycles. The molecule has 0 fully saturated rings. The number of benzene rings is 3. The molecule has 0 saturated carbocycles. The van der Waals surface area contributed by atoms with E-state index in [0.29, 0.717) is 10.9 Å². The van der Waals surface area contributed by atoms with Gasteiger partial charge in [-0.05, 0) is 56.3 Å². The highest BCUT2D eigenvalue weighted by atomic mass is 32.2. The van der Waals surface area contributed by atoms with Crippen LogP contribution in [0, 0.1) is 25.5 Å². The molecule has 4 nitrogen and oxygen atoms in total. The molecule has 0 spiro atoms. The van der Waals surface area contributed by atoms with Crippen molar-refractivity contribution in [2.24, 2.45) is 0 Å². The van der Waals surface area contributed by atoms with E-state index >= 15 is 0 Å². The number of halogens is 2. The van der Waals surface area contributed by atoms with Crippen molar-refractivity contribution >= 4 is 32.3 Å². The second kappa shape index (κ2) is 7.90. The molecule has 5 rings (SSSR count). The minimum atomic E-state index is -4.15. The van der Waals surface area contributed by atoms with Gasteiger partial charge in [0.05, 0.1) is 32.4 Å². The third-order valence-corrected chi connectivity index (χ3v) is 8.06. The third-order valence-electron chi connectivity index (χ3n) is 5.43. The summed E-state index contributed by atoms with van der Waals surface area (Å²) in [6.45, 7) is 3.89. The molecule has 5 aromatic rings. The number of rotatable bonds is 4. The Morgan fingerprint density at radius 2 is 1.58 bits per heavy atom. The van der Waals surface area contributed by atoms with Gasteiger partial charge in [-0.2, -0.15) is 0 Å². The maximum Gasteiger partial charge on any atom is 0.268 e. The van der Waals surface area contributed by atoms with E-state index in [4.69, 9.17) is 0 Å². The standard InChI is InChI=1S/C25H18F2N2O2S2/c1-15-25(28-16(2)32-15)17-11-12-22-18(13-17)14-23(24-20(26)9-6-10-21(24)27)29(22)33(30,31)19-7-4-3-5-8-19/h3-14H,1-2H3. The van der Waals surface area contributed by atoms with Gasteiger partial charge in [0, 0.05) is 15.8 Å². The van der Waals surface area contributed by atoms with Gasteiger partial charge in [0.15, 0.2) is 0 Å². The summed E-state index contributed by atoms with van der Waals surface area (Å²) in [5.74, 6) is -1.68. The Kier molecular flexibility index (Phi) is 5.14. The quantitative estimate of drug-likeness (QED) is 0.293. The number of fused-ring (bicyclic) bond motifs is 1. The maximum atomic E-state index is 14.8. The topological polar surface area (TPSA) is 52.0 Å². The van der Waals surface area contributed by atoms with Crippen LogP contribution < -0.4 is 0 Å². The van der Waals surface area contributed by atoms with Crippen LogP contribution in [-0.2, 0) is 10.0 Å². The van der Waals surface area contributed by atoms with Crippen LogP contribution in [0.2, 0.25) is 0 Å². The van der Waals surface area contributed by atoms with Crippen LogP contribution in [0.3, 0.4) is 0 Å². The molecule has 0 amide bonds. The van der Waals surface area contributed by atoms with Gasteiger partial charge in [-0.25, -0.2) is 26.2 Å². The van der Waals surface area contributed by atoms with E-state index in [1.54, 1.807) is 47.7 Å². The van der Waals surface area contributed by atoms with Crippen molar-refractivity contribution in [3.8, 4) is 22.5 Å². The first-order valence-corrected chi connectivity index (χ1v) is 12.4. The first-order valence-electron chi connectivity index (χ1n) is 10.1. The van der Waals surface area contributed by atoms with Gasteiger partial charge in [0.2, 0.25) is 0 Å². The van der Waals surface area contributed by atoms with Crippen molar-refractivity contribution in [1.29, 1.82) is 0 Å². The summed E-state index contributed by atoms with van der Waals surface area (Å²) in [5.41, 5.74) is 1.46. The van der Waals surface area contributed by atoms with Crippen LogP contribution in [-0.4, -0.2) is 17.4 Å². The summed E-state index contributed by atoms with van der Waals surface area (Å²) < 4.78 is 57.9. The third kappa shape index (κ3) is 3.55. The van der Waals surface area contributed by atoms with Gasteiger partial charge in [-0.1, -0.05) is 30.3 Å². The summed E-state index contributed by atoms with van der Waals surface area (Å²) in [4.78, 5) is 5.63. The van der Waals surface area contributed by atoms with Crippen LogP contribution in [0.4, 0.5) is 8.78 Å². The summed E-state index contributed by atoms with van der Waals surface area (Å²) >= 11 is 1.57. The second-order valence-corrected chi connectivity index (χ2v) is 10.8. The Morgan fingerprint density at radius 1 is 0.879 bits per heavy atom. The van der Waals surface area contributed by atoms with Gasteiger partial charge in [0.25, 0.3) is 10.0 Å². The van der Waals surface area contributed by atoms with Crippen molar-refractivity contribution in [3.63, 3.8) is 0 Å². The van der Waals surface area contributed by atoms with Gasteiger partial charge in [-0.15, -0.1) is 11.3 Å². The number of thiazole rings is 1. The monoisotopic (exact) mass is 480 g/mol. The van der Waals surface area contributed by atoms with Crippen LogP contribution in [0.1, 0.15) is 9.88 Å². The van der Waals surface area contributed by atoms with Crippen molar-refractivity contribution in [3.05, 3.63) is 94.3 Å². The predicted octanol–water partition coefficient (Wildman–Crippen LogP) is 6.56. The van der Waals surface area contributed by atoms with Gasteiger partial charge in [-0.3, -0.25) is 0 Å². The summed E-state index contributed by atoms with van der Waals surface area (Å²) in [7, 11) is -4.15. The zero-order valence-corrected chi connectivity index (χ0v) is 19.3. The highest BCUT2D eigenvalue weighted by Crippen LogP contribution is 2.37. The van der Waals surface area contributed by atoms with Crippen LogP contribution in [0.25, 0.3) is 33.4 Å². The fraction of sp³-hybridized carbons (Fsp3) is 0.0800. The summed E-state index contributed by atoms with van der Waals surface area (Å²) in [5, 5.41) is 1.45. The Balaban J connectivity index is 1.84. The SMILES string of the molecule is Cc1nc(-c2ccc3c(c2)cc(-c2c(F)cccc2F)n3S(=O)(=O)c2ccccc2)c(C)s1. The molecule has 8 heteroatoms. The average molecular weight is 481 g/mol. The highest BCUT2D eigenvalue weighted by molar-refractivity contribution is 7.90. The molecule has 2 heterocycles. The molecule has 166 valence electrons. The molecular formula is C25H18F2N2O2S2. The minimum Gasteiger partial charge on any atom is -0.241 e. The maximum absolute atomic E-state index is 14.8. The lowest BCUT2D eigenvalue weighted by atomic mass is 10.1. The molecule has 0 aliphatic rings. The zero-order valence-electron chi connectivity index (χ0n) is 17.7. The number of aromatic nitrogens is 2. The molecule has 0 aliphatic heterocycles. The highest BCUT2D eigenvalue weighted by Gasteiger charge is 2.27. The fourth-order valence-corrected chi connectivity index (χ4v) is 6.39. The first-order chi connectivity index (χ1) is 15.8. The van der Waals surface area contributed by atoms with Gasteiger partial charge < -0.3 is 0 Å². The fourth-order valence-electron chi connectivity index (χ4n) is 4.01. The molecule has 3 aromatic carbocycles. The van der Waals surface area contributed by atoms with E-state index < -0.39 is 27.2 Å². The lowest BCUT2D eigenvalue weighted by Crippen LogP contribution is -2.14. The van der Waals surface area contributed by atoms with Crippen LogP contribution in [0.5, 0.6) is 0 Å². The Hall–Kier alpha value is -3.36. The van der Waals surface area contributed by atoms with Crippen molar-refractivity contribution in [1.82, 2.24) is 8.96 Å². The molecule has 33 heavy (non-hydrogen) atoms. The van der Waals surface area contributed by atoms with E-state index in [0.717, 1.165) is 37.2 Å². The lowest BCUT2D eigenvalue weighted by Gasteiger charge is -2.13. The van der Waals surface area contributed by atoms with Crippen LogP contribution in [0.15, 0.2) is 77.7 Å². The summed E-state index contributed by atoms with van der Waals surface area (Å²) in [6.07, 6.45) is 0. The molecule has 0 N–H and O–H groups in total. The minimum absolute atomic E-state index is 0.0237. The van der Waals surface area contributed by atoms with E-state index in [1.165, 1.54) is 24.3 Å². The molecule has 0 saturated heterocycles. The Labute approximate surface area is 193 Å². The molecule has 0 unspecified atom stereocenters. The van der Waals surface area contributed by atoms with Crippen molar-refractivity contribution < 1.29 is 17.2 Å². The zero-order chi connectivity index (χ0) is 23.3. The van der Waals surface area contributed by atoms with E-state index in [1.807, 2.05) is 13.8 Å². The van der Waals surface area contributed by atoms with E-state index in [2.05, 4.69) is 4.98 Å². The number of hydrogen-bond donors (Lipinski definition) is 0. The van der Waals surface area contributed by atoms with Gasteiger partial charge in [0.1, 0.15) is 11.6 Å². The Bertz CT molecular complexity index is 1600. The van der Waals surface area contributed by atoms with Crippen LogP contribution >= 0.6 is 11.3 Å². The number of nitrogens with zero attached hydrogens (tertiary/aromatic N) is 2. The molecule has 0 atom stereocenters. The van der Waals surface area contributed by atoms with Crippen molar-refractivity contribution in [2.75, 3.05) is 0 Å². The first kappa shape index (κ1) is 21.5. The van der Waals surface area contributed by atoms with Gasteiger partial charge >= 0.3 is 0 Å². The largest absolute Gasteiger partial charge is 0.268 e. The summed E-state index contributed by atoms with van der Waals surface area (Å²) in [6, 6.07) is 18.0. The second-order valence-electron chi connectivity index (χ2n) is 7.62. The van der Waals surface area contributed by atoms with Crippen molar-refractivity contribution in [2.45, 2.75) is 18.7 Å². The predicted molar refractivity (Wildman–Crippen MR) is 127 cm³/mol. The molecule has 0 aliphatic carbocycles. The molecular weight excluding hydrogens is 462 g/mol. The smallest absolute Gasteiger partial charge is 0.241 e. The number of aryl methyl sites for hydroxylation is 2. The average Bonchev–Trinajstić information content (AvgIpc) is 3.33. The molecule has 0 bridgehead atoms. The lowest BCUT2D eigenvalue weighted by molar-refractivity contribution is 0.583. The van der Waals surface area contributed by atoms with E-state index in [9.17, 15) is 17.2 Å². The van der Waals surface area contributed by atoms with E-state index in [-0.39, 0.29) is 10.6 Å².